The van der Waals surface area contributed by atoms with Gasteiger partial charge in [0.15, 0.2) is 0 Å². The molecule has 0 radical (unpaired) electrons. The highest BCUT2D eigenvalue weighted by Gasteiger charge is 2.26. The molecule has 1 aliphatic rings. The van der Waals surface area contributed by atoms with Gasteiger partial charge in [0.05, 0.1) is 5.69 Å². The Bertz CT molecular complexity index is 828. The number of hydrogen-bond acceptors (Lipinski definition) is 3. The normalized spacial score (nSPS) is 16.5. The van der Waals surface area contributed by atoms with E-state index >= 15 is 0 Å². The molecule has 0 aliphatic heterocycles. The van der Waals surface area contributed by atoms with Gasteiger partial charge in [-0.15, -0.1) is 0 Å². The molecule has 1 aliphatic carbocycles. The third-order valence-corrected chi connectivity index (χ3v) is 4.33. The fourth-order valence-corrected chi connectivity index (χ4v) is 2.93. The molecule has 24 heavy (non-hydrogen) atoms. The zero-order chi connectivity index (χ0) is 17.3. The summed E-state index contributed by atoms with van der Waals surface area (Å²) >= 11 is 0. The molecule has 126 valence electrons. The maximum absolute atomic E-state index is 13.6. The van der Waals surface area contributed by atoms with Gasteiger partial charge in [-0.25, -0.2) is 13.5 Å². The van der Waals surface area contributed by atoms with Crippen LogP contribution in [0.5, 0.6) is 0 Å². The van der Waals surface area contributed by atoms with E-state index in [1.807, 2.05) is 0 Å². The van der Waals surface area contributed by atoms with E-state index in [9.17, 15) is 18.4 Å². The van der Waals surface area contributed by atoms with Gasteiger partial charge in [0.1, 0.15) is 11.6 Å². The van der Waals surface area contributed by atoms with E-state index in [-0.39, 0.29) is 29.5 Å². The van der Waals surface area contributed by atoms with Gasteiger partial charge in [0, 0.05) is 31.1 Å². The van der Waals surface area contributed by atoms with Crippen LogP contribution in [0.4, 0.5) is 8.78 Å². The van der Waals surface area contributed by atoms with Crippen LogP contribution in [0.25, 0.3) is 0 Å². The predicted octanol–water partition coefficient (Wildman–Crippen LogP) is 1.48. The Kier molecular flexibility index (Phi) is 4.42. The number of nitrogens with one attached hydrogen (secondary N) is 1. The summed E-state index contributed by atoms with van der Waals surface area (Å²) in [6, 6.07) is 5.09. The van der Waals surface area contributed by atoms with Crippen molar-refractivity contribution < 1.29 is 13.6 Å². The third kappa shape index (κ3) is 3.20. The molecule has 1 heterocycles. The number of aromatic nitrogens is 2. The van der Waals surface area contributed by atoms with E-state index < -0.39 is 11.6 Å². The number of amides is 1. The van der Waals surface area contributed by atoms with Crippen molar-refractivity contribution >= 4 is 5.91 Å². The van der Waals surface area contributed by atoms with E-state index in [0.29, 0.717) is 19.3 Å². The molecule has 0 saturated carbocycles. The van der Waals surface area contributed by atoms with Gasteiger partial charge in [-0.3, -0.25) is 9.59 Å². The first-order chi connectivity index (χ1) is 11.5. The van der Waals surface area contributed by atoms with E-state index in [1.54, 1.807) is 7.05 Å². The van der Waals surface area contributed by atoms with Crippen molar-refractivity contribution in [3.05, 3.63) is 63.1 Å². The molecule has 1 aromatic heterocycles. The molecule has 1 atom stereocenters. The molecule has 1 aromatic carbocycles. The number of rotatable bonds is 3. The number of fused-ring (bicyclic) bond motifs is 1. The van der Waals surface area contributed by atoms with Gasteiger partial charge in [-0.1, -0.05) is 6.07 Å². The fourth-order valence-electron chi connectivity index (χ4n) is 2.93. The Morgan fingerprint density at radius 2 is 2.08 bits per heavy atom. The van der Waals surface area contributed by atoms with Crippen LogP contribution < -0.4 is 10.9 Å². The molecule has 3 rings (SSSR count). The highest BCUT2D eigenvalue weighted by Crippen LogP contribution is 2.23. The van der Waals surface area contributed by atoms with Crippen LogP contribution in [0.1, 0.15) is 23.2 Å². The second kappa shape index (κ2) is 6.51. The molecule has 1 amide bonds. The van der Waals surface area contributed by atoms with Crippen LogP contribution in [0.2, 0.25) is 0 Å². The summed E-state index contributed by atoms with van der Waals surface area (Å²) in [5.41, 5.74) is 1.21. The van der Waals surface area contributed by atoms with Gasteiger partial charge in [-0.2, -0.15) is 5.10 Å². The van der Waals surface area contributed by atoms with Crippen molar-refractivity contribution in [3.63, 3.8) is 0 Å². The third-order valence-electron chi connectivity index (χ3n) is 4.33. The van der Waals surface area contributed by atoms with Crippen molar-refractivity contribution in [1.82, 2.24) is 15.1 Å². The zero-order valence-electron chi connectivity index (χ0n) is 13.2. The predicted molar refractivity (Wildman–Crippen MR) is 83.2 cm³/mol. The second-order valence-electron chi connectivity index (χ2n) is 5.94. The topological polar surface area (TPSA) is 64.0 Å². The lowest BCUT2D eigenvalue weighted by Crippen LogP contribution is -2.35. The Morgan fingerprint density at radius 3 is 2.79 bits per heavy atom. The summed E-state index contributed by atoms with van der Waals surface area (Å²) in [5, 5.41) is 6.78. The monoisotopic (exact) mass is 333 g/mol. The minimum atomic E-state index is -0.683. The zero-order valence-corrected chi connectivity index (χ0v) is 13.2. The number of carbonyl (C=O) groups is 1. The molecule has 5 nitrogen and oxygen atoms in total. The minimum Gasteiger partial charge on any atom is -0.352 e. The average Bonchev–Trinajstić information content (AvgIpc) is 2.55. The standard InChI is InChI=1S/C17H17F2N3O2/c1-22-16(23)8-11-7-10(5-6-15(11)21-22)17(24)20-9-12-13(18)3-2-4-14(12)19/h2-4,8,10H,5-7,9H2,1H3,(H,20,24). The molecular formula is C17H17F2N3O2. The van der Waals surface area contributed by atoms with Crippen molar-refractivity contribution in [2.24, 2.45) is 13.0 Å². The van der Waals surface area contributed by atoms with Crippen LogP contribution in [-0.4, -0.2) is 15.7 Å². The number of nitrogens with zero attached hydrogens (tertiary/aromatic N) is 2. The number of carbonyl (C=O) groups excluding carboxylic acids is 1. The van der Waals surface area contributed by atoms with E-state index in [4.69, 9.17) is 0 Å². The first-order valence-corrected chi connectivity index (χ1v) is 7.72. The van der Waals surface area contributed by atoms with Crippen LogP contribution in [0, 0.1) is 17.6 Å². The summed E-state index contributed by atoms with van der Waals surface area (Å²) in [6.45, 7) is -0.199. The lowest BCUT2D eigenvalue weighted by atomic mass is 9.86. The summed E-state index contributed by atoms with van der Waals surface area (Å²) in [5.74, 6) is -1.97. The first kappa shape index (κ1) is 16.3. The summed E-state index contributed by atoms with van der Waals surface area (Å²) < 4.78 is 28.4. The summed E-state index contributed by atoms with van der Waals surface area (Å²) in [4.78, 5) is 24.0. The van der Waals surface area contributed by atoms with Gasteiger partial charge >= 0.3 is 0 Å². The van der Waals surface area contributed by atoms with Gasteiger partial charge in [0.25, 0.3) is 5.56 Å². The van der Waals surface area contributed by atoms with Gasteiger partial charge in [0.2, 0.25) is 5.91 Å². The van der Waals surface area contributed by atoms with Gasteiger partial charge in [-0.05, 0) is 37.0 Å². The number of hydrogen-bond donors (Lipinski definition) is 1. The maximum Gasteiger partial charge on any atom is 0.266 e. The largest absolute Gasteiger partial charge is 0.352 e. The molecule has 0 spiro atoms. The SMILES string of the molecule is Cn1nc2c(cc1=O)CC(C(=O)NCc1c(F)cccc1F)CC2. The molecule has 1 N–H and O–H groups in total. The average molecular weight is 333 g/mol. The van der Waals surface area contributed by atoms with Crippen LogP contribution in [0.3, 0.4) is 0 Å². The van der Waals surface area contributed by atoms with Crippen molar-refractivity contribution in [2.75, 3.05) is 0 Å². The molecule has 0 fully saturated rings. The highest BCUT2D eigenvalue weighted by molar-refractivity contribution is 5.79. The quantitative estimate of drug-likeness (QED) is 0.925. The Labute approximate surface area is 137 Å². The van der Waals surface area contributed by atoms with E-state index in [0.717, 1.165) is 23.4 Å². The number of halogens is 2. The lowest BCUT2D eigenvalue weighted by molar-refractivity contribution is -0.125. The van der Waals surface area contributed by atoms with Crippen LogP contribution in [-0.2, 0) is 31.2 Å². The van der Waals surface area contributed by atoms with E-state index in [1.165, 1.54) is 16.8 Å². The summed E-state index contributed by atoms with van der Waals surface area (Å²) in [6.07, 6.45) is 1.59. The Balaban J connectivity index is 1.68. The smallest absolute Gasteiger partial charge is 0.266 e. The Hall–Kier alpha value is -2.57. The summed E-state index contributed by atoms with van der Waals surface area (Å²) in [7, 11) is 1.59. The fraction of sp³-hybridized carbons (Fsp3) is 0.353. The lowest BCUT2D eigenvalue weighted by Gasteiger charge is -2.23. The van der Waals surface area contributed by atoms with E-state index in [2.05, 4.69) is 10.4 Å². The number of benzene rings is 1. The van der Waals surface area contributed by atoms with Crippen molar-refractivity contribution in [2.45, 2.75) is 25.8 Å². The highest BCUT2D eigenvalue weighted by atomic mass is 19.1. The van der Waals surface area contributed by atoms with Gasteiger partial charge < -0.3 is 5.32 Å². The number of aryl methyl sites for hydroxylation is 2. The molecule has 0 bridgehead atoms. The first-order valence-electron chi connectivity index (χ1n) is 7.72. The maximum atomic E-state index is 13.6. The van der Waals surface area contributed by atoms with Crippen LogP contribution >= 0.6 is 0 Å². The molecule has 2 aromatic rings. The Morgan fingerprint density at radius 1 is 1.38 bits per heavy atom. The second-order valence-corrected chi connectivity index (χ2v) is 5.94. The molecular weight excluding hydrogens is 316 g/mol. The molecule has 7 heteroatoms. The van der Waals surface area contributed by atoms with Crippen molar-refractivity contribution in [1.29, 1.82) is 0 Å². The molecule has 0 saturated heterocycles. The van der Waals surface area contributed by atoms with Crippen molar-refractivity contribution in [3.8, 4) is 0 Å². The minimum absolute atomic E-state index is 0.155. The molecule has 1 unspecified atom stereocenters. The van der Waals surface area contributed by atoms with Crippen LogP contribution in [0.15, 0.2) is 29.1 Å².